The van der Waals surface area contributed by atoms with Gasteiger partial charge in [0.1, 0.15) is 23.9 Å². The lowest BCUT2D eigenvalue weighted by atomic mass is 10.00. The van der Waals surface area contributed by atoms with Crippen LogP contribution in [0.4, 0.5) is 10.5 Å². The van der Waals surface area contributed by atoms with E-state index in [1.807, 2.05) is 13.0 Å². The molecule has 214 valence electrons. The number of benzene rings is 2. The standard InChI is InChI=1S/C30H42ClN3O5/c1-7-8-9-10-11-17-34(25(36)19-32-29(38)39-30(4,5)6)27(22-15-16-24(35)21(3)18-22)28(37)33-26-20(2)13-12-14-23(26)31/h12-16,18,27,35H,7-11,17,19H2,1-6H3,(H,32,38)(H,33,37). The second-order valence-electron chi connectivity index (χ2n) is 10.7. The van der Waals surface area contributed by atoms with E-state index in [1.54, 1.807) is 52.0 Å². The average molecular weight is 560 g/mol. The maximum Gasteiger partial charge on any atom is 0.408 e. The van der Waals surface area contributed by atoms with Crippen molar-refractivity contribution in [3.63, 3.8) is 0 Å². The maximum absolute atomic E-state index is 13.9. The quantitative estimate of drug-likeness (QED) is 0.252. The van der Waals surface area contributed by atoms with Crippen LogP contribution in [-0.2, 0) is 14.3 Å². The van der Waals surface area contributed by atoms with Crippen LogP contribution >= 0.6 is 11.6 Å². The molecule has 2 aromatic carbocycles. The second kappa shape index (κ2) is 14.8. The van der Waals surface area contributed by atoms with E-state index in [0.717, 1.165) is 31.2 Å². The SMILES string of the molecule is CCCCCCCN(C(=O)CNC(=O)OC(C)(C)C)C(C(=O)Nc1c(C)cccc1Cl)c1ccc(O)c(C)c1. The van der Waals surface area contributed by atoms with Gasteiger partial charge in [-0.25, -0.2) is 4.79 Å². The van der Waals surface area contributed by atoms with E-state index in [2.05, 4.69) is 17.6 Å². The first-order chi connectivity index (χ1) is 18.3. The van der Waals surface area contributed by atoms with Gasteiger partial charge in [0.05, 0.1) is 10.7 Å². The number of aromatic hydroxyl groups is 1. The molecule has 0 aliphatic carbocycles. The molecule has 0 fully saturated rings. The van der Waals surface area contributed by atoms with Crippen molar-refractivity contribution in [1.82, 2.24) is 10.2 Å². The van der Waals surface area contributed by atoms with Crippen LogP contribution in [0.3, 0.4) is 0 Å². The number of aryl methyl sites for hydroxylation is 2. The summed E-state index contributed by atoms with van der Waals surface area (Å²) in [4.78, 5) is 41.2. The van der Waals surface area contributed by atoms with E-state index >= 15 is 0 Å². The van der Waals surface area contributed by atoms with E-state index in [0.29, 0.717) is 34.8 Å². The zero-order valence-electron chi connectivity index (χ0n) is 23.9. The van der Waals surface area contributed by atoms with E-state index in [1.165, 1.54) is 11.0 Å². The highest BCUT2D eigenvalue weighted by molar-refractivity contribution is 6.34. The van der Waals surface area contributed by atoms with Crippen LogP contribution in [0.1, 0.15) is 82.5 Å². The van der Waals surface area contributed by atoms with E-state index < -0.39 is 29.6 Å². The number of nitrogens with zero attached hydrogens (tertiary/aromatic N) is 1. The van der Waals surface area contributed by atoms with Gasteiger partial charge in [-0.05, 0) is 75.9 Å². The number of nitrogens with one attached hydrogen (secondary N) is 2. The van der Waals surface area contributed by atoms with Gasteiger partial charge in [-0.1, -0.05) is 62.4 Å². The molecule has 1 unspecified atom stereocenters. The normalized spacial score (nSPS) is 12.0. The van der Waals surface area contributed by atoms with Crippen LogP contribution in [-0.4, -0.2) is 46.6 Å². The Bertz CT molecular complexity index is 1130. The monoisotopic (exact) mass is 559 g/mol. The third kappa shape index (κ3) is 10.1. The molecule has 8 nitrogen and oxygen atoms in total. The second-order valence-corrected chi connectivity index (χ2v) is 11.1. The molecule has 39 heavy (non-hydrogen) atoms. The molecule has 0 bridgehead atoms. The van der Waals surface area contributed by atoms with Crippen LogP contribution in [0.5, 0.6) is 5.75 Å². The summed E-state index contributed by atoms with van der Waals surface area (Å²) in [5, 5.41) is 15.9. The van der Waals surface area contributed by atoms with E-state index in [-0.39, 0.29) is 12.3 Å². The minimum atomic E-state index is -1.03. The van der Waals surface area contributed by atoms with Crippen molar-refractivity contribution in [2.75, 3.05) is 18.4 Å². The number of rotatable bonds is 12. The first kappa shape index (κ1) is 32.0. The number of alkyl carbamates (subject to hydrolysis) is 1. The molecule has 0 spiro atoms. The lowest BCUT2D eigenvalue weighted by Gasteiger charge is -2.32. The fraction of sp³-hybridized carbons (Fsp3) is 0.500. The van der Waals surface area contributed by atoms with Crippen LogP contribution < -0.4 is 10.6 Å². The Morgan fingerprint density at radius 2 is 1.72 bits per heavy atom. The molecule has 0 radical (unpaired) electrons. The third-order valence-electron chi connectivity index (χ3n) is 6.17. The molecule has 0 aliphatic heterocycles. The van der Waals surface area contributed by atoms with Gasteiger partial charge in [0.25, 0.3) is 5.91 Å². The fourth-order valence-corrected chi connectivity index (χ4v) is 4.42. The van der Waals surface area contributed by atoms with Crippen LogP contribution in [0.15, 0.2) is 36.4 Å². The summed E-state index contributed by atoms with van der Waals surface area (Å²) in [6.07, 6.45) is 4.04. The van der Waals surface area contributed by atoms with Crippen LogP contribution in [0.25, 0.3) is 0 Å². The molecule has 1 atom stereocenters. The molecule has 0 saturated heterocycles. The lowest BCUT2D eigenvalue weighted by Crippen LogP contribution is -2.47. The summed E-state index contributed by atoms with van der Waals surface area (Å²) >= 11 is 6.39. The number of hydrogen-bond acceptors (Lipinski definition) is 5. The van der Waals surface area contributed by atoms with Gasteiger partial charge in [0.2, 0.25) is 5.91 Å². The van der Waals surface area contributed by atoms with E-state index in [9.17, 15) is 19.5 Å². The number of anilines is 1. The Morgan fingerprint density at radius 3 is 2.33 bits per heavy atom. The van der Waals surface area contributed by atoms with E-state index in [4.69, 9.17) is 16.3 Å². The van der Waals surface area contributed by atoms with Crippen molar-refractivity contribution >= 4 is 35.2 Å². The smallest absolute Gasteiger partial charge is 0.408 e. The zero-order chi connectivity index (χ0) is 29.2. The Balaban J connectivity index is 2.43. The van der Waals surface area contributed by atoms with Gasteiger partial charge in [0, 0.05) is 6.54 Å². The zero-order valence-corrected chi connectivity index (χ0v) is 24.7. The van der Waals surface area contributed by atoms with Crippen molar-refractivity contribution in [1.29, 1.82) is 0 Å². The summed E-state index contributed by atoms with van der Waals surface area (Å²) in [6.45, 7) is 10.9. The highest BCUT2D eigenvalue weighted by atomic mass is 35.5. The Hall–Kier alpha value is -3.26. The van der Waals surface area contributed by atoms with Crippen molar-refractivity contribution in [3.05, 3.63) is 58.1 Å². The lowest BCUT2D eigenvalue weighted by molar-refractivity contribution is -0.138. The third-order valence-corrected chi connectivity index (χ3v) is 6.49. The summed E-state index contributed by atoms with van der Waals surface area (Å²) in [5.41, 5.74) is 1.63. The van der Waals surface area contributed by atoms with Gasteiger partial charge >= 0.3 is 6.09 Å². The maximum atomic E-state index is 13.9. The number of para-hydroxylation sites is 1. The fourth-order valence-electron chi connectivity index (χ4n) is 4.15. The highest BCUT2D eigenvalue weighted by Crippen LogP contribution is 2.31. The molecule has 2 aromatic rings. The number of ether oxygens (including phenoxy) is 1. The molecular formula is C30H42ClN3O5. The Morgan fingerprint density at radius 1 is 1.03 bits per heavy atom. The van der Waals surface area contributed by atoms with Crippen molar-refractivity contribution < 1.29 is 24.2 Å². The predicted molar refractivity (Wildman–Crippen MR) is 155 cm³/mol. The van der Waals surface area contributed by atoms with Crippen molar-refractivity contribution in [2.45, 2.75) is 85.3 Å². The Labute approximate surface area is 237 Å². The topological polar surface area (TPSA) is 108 Å². The van der Waals surface area contributed by atoms with Gasteiger partial charge in [-0.3, -0.25) is 9.59 Å². The molecule has 3 N–H and O–H groups in total. The molecule has 0 aromatic heterocycles. The summed E-state index contributed by atoms with van der Waals surface area (Å²) in [6, 6.07) is 9.12. The number of hydrogen-bond donors (Lipinski definition) is 3. The molecule has 9 heteroatoms. The summed E-state index contributed by atoms with van der Waals surface area (Å²) in [5.74, 6) is -0.794. The van der Waals surface area contributed by atoms with Crippen molar-refractivity contribution in [2.24, 2.45) is 0 Å². The minimum absolute atomic E-state index is 0.0869. The number of carbonyl (C=O) groups excluding carboxylic acids is 3. The predicted octanol–water partition coefficient (Wildman–Crippen LogP) is 6.67. The highest BCUT2D eigenvalue weighted by Gasteiger charge is 2.32. The van der Waals surface area contributed by atoms with Gasteiger partial charge in [-0.15, -0.1) is 0 Å². The number of amides is 3. The van der Waals surface area contributed by atoms with Gasteiger partial charge in [0.15, 0.2) is 0 Å². The number of carbonyl (C=O) groups is 3. The summed E-state index contributed by atoms with van der Waals surface area (Å²) in [7, 11) is 0. The van der Waals surface area contributed by atoms with Crippen LogP contribution in [0, 0.1) is 13.8 Å². The molecule has 2 rings (SSSR count). The first-order valence-electron chi connectivity index (χ1n) is 13.5. The number of phenolic OH excluding ortho intramolecular Hbond substituents is 1. The molecule has 0 saturated carbocycles. The number of halogens is 1. The molecular weight excluding hydrogens is 518 g/mol. The van der Waals surface area contributed by atoms with Crippen LogP contribution in [0.2, 0.25) is 5.02 Å². The number of phenols is 1. The molecule has 3 amide bonds. The largest absolute Gasteiger partial charge is 0.508 e. The molecule has 0 aliphatic rings. The number of unbranched alkanes of at least 4 members (excludes halogenated alkanes) is 4. The summed E-state index contributed by atoms with van der Waals surface area (Å²) < 4.78 is 5.28. The molecule has 0 heterocycles. The van der Waals surface area contributed by atoms with Gasteiger partial charge in [-0.2, -0.15) is 0 Å². The minimum Gasteiger partial charge on any atom is -0.508 e. The van der Waals surface area contributed by atoms with Gasteiger partial charge < -0.3 is 25.4 Å². The first-order valence-corrected chi connectivity index (χ1v) is 13.8. The average Bonchev–Trinajstić information content (AvgIpc) is 2.85. The Kier molecular flexibility index (Phi) is 12.1. The van der Waals surface area contributed by atoms with Crippen molar-refractivity contribution in [3.8, 4) is 5.75 Å².